The van der Waals surface area contributed by atoms with Crippen molar-refractivity contribution in [2.24, 2.45) is 0 Å². The molecule has 0 spiro atoms. The minimum atomic E-state index is -0.344. The van der Waals surface area contributed by atoms with E-state index in [0.29, 0.717) is 17.1 Å². The molecule has 3 rings (SSSR count). The molecule has 6 heteroatoms. The Morgan fingerprint density at radius 2 is 1.92 bits per heavy atom. The van der Waals surface area contributed by atoms with E-state index in [1.54, 1.807) is 19.2 Å². The molecule has 1 N–H and O–H groups in total. The van der Waals surface area contributed by atoms with Crippen molar-refractivity contribution in [3.63, 3.8) is 0 Å². The Kier molecular flexibility index (Phi) is 5.12. The van der Waals surface area contributed by atoms with Crippen LogP contribution in [0.2, 0.25) is 0 Å². The summed E-state index contributed by atoms with van der Waals surface area (Å²) in [5.74, 6) is 0.330. The fraction of sp³-hybridized carbons (Fsp3) is 0.150. The summed E-state index contributed by atoms with van der Waals surface area (Å²) in [4.78, 5) is 24.4. The summed E-state index contributed by atoms with van der Waals surface area (Å²) in [7, 11) is 1.57. The van der Waals surface area contributed by atoms with Crippen LogP contribution in [0.5, 0.6) is 5.75 Å². The molecule has 0 saturated heterocycles. The Morgan fingerprint density at radius 3 is 2.69 bits per heavy atom. The second-order valence-corrected chi connectivity index (χ2v) is 5.83. The Balaban J connectivity index is 1.84. The van der Waals surface area contributed by atoms with E-state index in [4.69, 9.17) is 4.74 Å². The van der Waals surface area contributed by atoms with Gasteiger partial charge in [0.2, 0.25) is 5.91 Å². The number of benzene rings is 2. The maximum Gasteiger partial charge on any atom is 0.267 e. The zero-order valence-corrected chi connectivity index (χ0v) is 14.6. The normalized spacial score (nSPS) is 10.4. The van der Waals surface area contributed by atoms with Crippen molar-refractivity contribution in [3.8, 4) is 17.0 Å². The lowest BCUT2D eigenvalue weighted by atomic mass is 10.1. The molecule has 0 aliphatic heterocycles. The number of rotatable bonds is 5. The van der Waals surface area contributed by atoms with Crippen molar-refractivity contribution < 1.29 is 9.53 Å². The van der Waals surface area contributed by atoms with Crippen LogP contribution >= 0.6 is 0 Å². The summed E-state index contributed by atoms with van der Waals surface area (Å²) in [6, 6.07) is 17.9. The number of amides is 1. The van der Waals surface area contributed by atoms with Crippen molar-refractivity contribution >= 4 is 11.6 Å². The van der Waals surface area contributed by atoms with E-state index >= 15 is 0 Å². The summed E-state index contributed by atoms with van der Waals surface area (Å²) in [5, 5.41) is 7.09. The van der Waals surface area contributed by atoms with Gasteiger partial charge in [-0.3, -0.25) is 9.59 Å². The van der Waals surface area contributed by atoms with E-state index in [9.17, 15) is 9.59 Å². The first-order valence-electron chi connectivity index (χ1n) is 8.15. The standard InChI is InChI=1S/C20H19N3O3/c1-14-6-5-7-15(12-14)21-19(24)13-23-20(25)11-10-17(22-23)16-8-3-4-9-18(16)26-2/h3-12H,13H2,1-2H3,(H,21,24). The Morgan fingerprint density at radius 1 is 1.12 bits per heavy atom. The Bertz CT molecular complexity index is 995. The first-order chi connectivity index (χ1) is 12.6. The molecule has 0 aliphatic rings. The van der Waals surface area contributed by atoms with Crippen molar-refractivity contribution in [1.29, 1.82) is 0 Å². The summed E-state index contributed by atoms with van der Waals surface area (Å²) < 4.78 is 6.48. The van der Waals surface area contributed by atoms with Crippen LogP contribution in [0.1, 0.15) is 5.56 Å². The number of nitrogens with zero attached hydrogens (tertiary/aromatic N) is 2. The molecule has 0 radical (unpaired) electrons. The average molecular weight is 349 g/mol. The zero-order chi connectivity index (χ0) is 18.5. The molecular formula is C20H19N3O3. The molecule has 1 heterocycles. The van der Waals surface area contributed by atoms with Crippen molar-refractivity contribution in [1.82, 2.24) is 9.78 Å². The van der Waals surface area contributed by atoms with Gasteiger partial charge in [0.05, 0.1) is 12.8 Å². The van der Waals surface area contributed by atoms with E-state index in [-0.39, 0.29) is 18.0 Å². The summed E-state index contributed by atoms with van der Waals surface area (Å²) in [6.07, 6.45) is 0. The fourth-order valence-electron chi connectivity index (χ4n) is 2.62. The molecule has 2 aromatic carbocycles. The molecule has 0 fully saturated rings. The highest BCUT2D eigenvalue weighted by Crippen LogP contribution is 2.27. The fourth-order valence-corrected chi connectivity index (χ4v) is 2.62. The van der Waals surface area contributed by atoms with Gasteiger partial charge in [-0.15, -0.1) is 0 Å². The van der Waals surface area contributed by atoms with Gasteiger partial charge in [0.15, 0.2) is 0 Å². The topological polar surface area (TPSA) is 73.2 Å². The minimum Gasteiger partial charge on any atom is -0.496 e. The number of hydrogen-bond donors (Lipinski definition) is 1. The number of aromatic nitrogens is 2. The predicted octanol–water partition coefficient (Wildman–Crippen LogP) is 2.87. The number of ether oxygens (including phenoxy) is 1. The van der Waals surface area contributed by atoms with Crippen LogP contribution in [0, 0.1) is 6.92 Å². The van der Waals surface area contributed by atoms with Crippen molar-refractivity contribution in [3.05, 3.63) is 76.6 Å². The van der Waals surface area contributed by atoms with E-state index in [1.807, 2.05) is 49.4 Å². The molecular weight excluding hydrogens is 330 g/mol. The quantitative estimate of drug-likeness (QED) is 0.769. The molecule has 0 aliphatic carbocycles. The van der Waals surface area contributed by atoms with Gasteiger partial charge < -0.3 is 10.1 Å². The Hall–Kier alpha value is -3.41. The summed E-state index contributed by atoms with van der Waals surface area (Å²) in [5.41, 5.74) is 2.69. The molecule has 0 unspecified atom stereocenters. The molecule has 0 atom stereocenters. The molecule has 1 amide bonds. The van der Waals surface area contributed by atoms with Gasteiger partial charge in [0, 0.05) is 17.3 Å². The number of para-hydroxylation sites is 1. The molecule has 26 heavy (non-hydrogen) atoms. The summed E-state index contributed by atoms with van der Waals surface area (Å²) in [6.45, 7) is 1.77. The second kappa shape index (κ2) is 7.65. The van der Waals surface area contributed by atoms with Gasteiger partial charge in [-0.2, -0.15) is 5.10 Å². The van der Waals surface area contributed by atoms with Gasteiger partial charge in [-0.05, 0) is 42.8 Å². The van der Waals surface area contributed by atoms with E-state index in [1.165, 1.54) is 6.07 Å². The molecule has 0 saturated carbocycles. The monoisotopic (exact) mass is 349 g/mol. The highest BCUT2D eigenvalue weighted by Gasteiger charge is 2.11. The summed E-state index contributed by atoms with van der Waals surface area (Å²) >= 11 is 0. The number of hydrogen-bond acceptors (Lipinski definition) is 4. The largest absolute Gasteiger partial charge is 0.496 e. The smallest absolute Gasteiger partial charge is 0.267 e. The molecule has 0 bridgehead atoms. The van der Waals surface area contributed by atoms with Crippen LogP contribution in [0.25, 0.3) is 11.3 Å². The molecule has 3 aromatic rings. The van der Waals surface area contributed by atoms with Crippen molar-refractivity contribution in [2.75, 3.05) is 12.4 Å². The highest BCUT2D eigenvalue weighted by atomic mass is 16.5. The number of anilines is 1. The van der Waals surface area contributed by atoms with E-state index in [2.05, 4.69) is 10.4 Å². The minimum absolute atomic E-state index is 0.171. The van der Waals surface area contributed by atoms with Gasteiger partial charge in [-0.1, -0.05) is 24.3 Å². The van der Waals surface area contributed by atoms with Crippen LogP contribution in [-0.4, -0.2) is 22.8 Å². The van der Waals surface area contributed by atoms with Crippen LogP contribution < -0.4 is 15.6 Å². The van der Waals surface area contributed by atoms with Gasteiger partial charge in [0.25, 0.3) is 5.56 Å². The van der Waals surface area contributed by atoms with E-state index < -0.39 is 0 Å². The lowest BCUT2D eigenvalue weighted by Gasteiger charge is -2.10. The molecule has 1 aromatic heterocycles. The SMILES string of the molecule is COc1ccccc1-c1ccc(=O)n(CC(=O)Nc2cccc(C)c2)n1. The predicted molar refractivity (Wildman–Crippen MR) is 100 cm³/mol. The zero-order valence-electron chi connectivity index (χ0n) is 14.6. The third-order valence-electron chi connectivity index (χ3n) is 3.84. The van der Waals surface area contributed by atoms with Crippen LogP contribution in [0.15, 0.2) is 65.5 Å². The van der Waals surface area contributed by atoms with Crippen LogP contribution in [0.4, 0.5) is 5.69 Å². The molecule has 132 valence electrons. The lowest BCUT2D eigenvalue weighted by Crippen LogP contribution is -2.29. The number of nitrogens with one attached hydrogen (secondary N) is 1. The first kappa shape index (κ1) is 17.4. The van der Waals surface area contributed by atoms with Gasteiger partial charge >= 0.3 is 0 Å². The lowest BCUT2D eigenvalue weighted by molar-refractivity contribution is -0.117. The van der Waals surface area contributed by atoms with Gasteiger partial charge in [-0.25, -0.2) is 4.68 Å². The maximum atomic E-state index is 12.3. The maximum absolute atomic E-state index is 12.3. The van der Waals surface area contributed by atoms with Crippen LogP contribution in [0.3, 0.4) is 0 Å². The number of carbonyl (C=O) groups is 1. The number of aryl methyl sites for hydroxylation is 1. The van der Waals surface area contributed by atoms with Crippen LogP contribution in [-0.2, 0) is 11.3 Å². The number of carbonyl (C=O) groups excluding carboxylic acids is 1. The molecule has 6 nitrogen and oxygen atoms in total. The number of methoxy groups -OCH3 is 1. The Labute approximate surface area is 151 Å². The van der Waals surface area contributed by atoms with Crippen molar-refractivity contribution in [2.45, 2.75) is 13.5 Å². The third-order valence-corrected chi connectivity index (χ3v) is 3.84. The third kappa shape index (κ3) is 3.97. The first-order valence-corrected chi connectivity index (χ1v) is 8.15. The second-order valence-electron chi connectivity index (χ2n) is 5.83. The van der Waals surface area contributed by atoms with E-state index in [0.717, 1.165) is 15.8 Å². The van der Waals surface area contributed by atoms with Gasteiger partial charge in [0.1, 0.15) is 12.3 Å². The highest BCUT2D eigenvalue weighted by molar-refractivity contribution is 5.90. The average Bonchev–Trinajstić information content (AvgIpc) is 2.63.